The molecule has 1 heterocycles. The van der Waals surface area contributed by atoms with Gasteiger partial charge in [-0.15, -0.1) is 0 Å². The number of nitrogens with one attached hydrogen (secondary N) is 2. The van der Waals surface area contributed by atoms with Gasteiger partial charge in [0.1, 0.15) is 16.5 Å². The Hall–Kier alpha value is -3.52. The maximum Gasteiger partial charge on any atom is 0.279 e. The maximum absolute atomic E-state index is 12.9. The van der Waals surface area contributed by atoms with Gasteiger partial charge >= 0.3 is 0 Å². The van der Waals surface area contributed by atoms with Gasteiger partial charge in [0.15, 0.2) is 0 Å². The van der Waals surface area contributed by atoms with Crippen LogP contribution >= 0.6 is 34.8 Å². The van der Waals surface area contributed by atoms with Gasteiger partial charge < -0.3 is 15.7 Å². The summed E-state index contributed by atoms with van der Waals surface area (Å²) >= 11 is 18.2. The molecule has 0 radical (unpaired) electrons. The van der Waals surface area contributed by atoms with Crippen LogP contribution in [0.25, 0.3) is 0 Å². The highest BCUT2D eigenvalue weighted by Gasteiger charge is 2.38. The van der Waals surface area contributed by atoms with Crippen molar-refractivity contribution >= 4 is 63.9 Å². The Morgan fingerprint density at radius 1 is 0.882 bits per heavy atom. The van der Waals surface area contributed by atoms with Gasteiger partial charge in [-0.25, -0.2) is 0 Å². The summed E-state index contributed by atoms with van der Waals surface area (Å²) in [6.45, 7) is -0.0663. The van der Waals surface area contributed by atoms with Crippen molar-refractivity contribution in [3.63, 3.8) is 0 Å². The van der Waals surface area contributed by atoms with Crippen LogP contribution in [0.1, 0.15) is 15.9 Å². The molecule has 0 aliphatic carbocycles. The Morgan fingerprint density at radius 2 is 1.62 bits per heavy atom. The van der Waals surface area contributed by atoms with Gasteiger partial charge in [0.05, 0.1) is 6.54 Å². The summed E-state index contributed by atoms with van der Waals surface area (Å²) in [5.74, 6) is -1.60. The monoisotopic (exact) mass is 515 g/mol. The minimum Gasteiger partial charge on any atom is -0.508 e. The second-order valence-corrected chi connectivity index (χ2v) is 8.55. The summed E-state index contributed by atoms with van der Waals surface area (Å²) in [7, 11) is 0. The molecule has 1 aliphatic heterocycles. The Labute approximate surface area is 209 Å². The number of aromatic hydroxyl groups is 1. The van der Waals surface area contributed by atoms with Crippen LogP contribution in [0, 0.1) is 0 Å². The van der Waals surface area contributed by atoms with Crippen molar-refractivity contribution in [2.24, 2.45) is 0 Å². The summed E-state index contributed by atoms with van der Waals surface area (Å²) in [5, 5.41) is 15.5. The van der Waals surface area contributed by atoms with Crippen LogP contribution in [0.4, 0.5) is 11.4 Å². The fourth-order valence-electron chi connectivity index (χ4n) is 3.25. The summed E-state index contributed by atoms with van der Waals surface area (Å²) in [5.41, 5.74) is 1.71. The number of phenolic OH excluding ortho intramolecular Hbond substituents is 1. The van der Waals surface area contributed by atoms with Crippen molar-refractivity contribution in [3.8, 4) is 5.75 Å². The second kappa shape index (κ2) is 9.77. The Morgan fingerprint density at radius 3 is 2.29 bits per heavy atom. The van der Waals surface area contributed by atoms with Crippen molar-refractivity contribution in [2.45, 2.75) is 6.54 Å². The average Bonchev–Trinajstić information content (AvgIpc) is 2.99. The van der Waals surface area contributed by atoms with Gasteiger partial charge in [-0.3, -0.25) is 19.3 Å². The minimum atomic E-state index is -0.651. The number of hydrogen-bond donors (Lipinski definition) is 3. The molecule has 0 fully saturated rings. The van der Waals surface area contributed by atoms with Crippen LogP contribution in [0.5, 0.6) is 5.75 Å². The van der Waals surface area contributed by atoms with Crippen LogP contribution in [-0.2, 0) is 16.1 Å². The Bertz CT molecular complexity index is 1340. The molecule has 0 atom stereocenters. The lowest BCUT2D eigenvalue weighted by Crippen LogP contribution is -2.32. The molecule has 34 heavy (non-hydrogen) atoms. The van der Waals surface area contributed by atoms with Crippen molar-refractivity contribution in [3.05, 3.63) is 98.6 Å². The summed E-state index contributed by atoms with van der Waals surface area (Å²) in [6.07, 6.45) is 0. The molecule has 0 aromatic heterocycles. The van der Waals surface area contributed by atoms with Gasteiger partial charge in [-0.1, -0.05) is 46.9 Å². The topological polar surface area (TPSA) is 98.7 Å². The SMILES string of the molecule is O=C(Nc1cccc(O)c1)c1ccc(NC2=C(Cl)C(=O)N(Cc3ccc(Cl)cc3Cl)C2=O)cc1. The van der Waals surface area contributed by atoms with Crippen LogP contribution < -0.4 is 10.6 Å². The minimum absolute atomic E-state index is 0.0330. The van der Waals surface area contributed by atoms with Crippen LogP contribution in [0.2, 0.25) is 10.0 Å². The number of imide groups is 1. The van der Waals surface area contributed by atoms with E-state index in [1.807, 2.05) is 0 Å². The molecule has 10 heteroatoms. The number of carbonyl (C=O) groups excluding carboxylic acids is 3. The van der Waals surface area contributed by atoms with Gasteiger partial charge in [0.2, 0.25) is 0 Å². The first-order chi connectivity index (χ1) is 16.2. The molecular weight excluding hydrogens is 501 g/mol. The van der Waals surface area contributed by atoms with Gasteiger partial charge in [0.25, 0.3) is 17.7 Å². The molecule has 3 aromatic rings. The number of amides is 3. The van der Waals surface area contributed by atoms with E-state index in [1.165, 1.54) is 18.2 Å². The van der Waals surface area contributed by atoms with Crippen molar-refractivity contribution in [1.29, 1.82) is 0 Å². The largest absolute Gasteiger partial charge is 0.508 e. The van der Waals surface area contributed by atoms with E-state index in [9.17, 15) is 19.5 Å². The first-order valence-corrected chi connectivity index (χ1v) is 11.0. The third-order valence-electron chi connectivity index (χ3n) is 4.98. The number of benzene rings is 3. The number of rotatable bonds is 6. The zero-order chi connectivity index (χ0) is 24.4. The third-order valence-corrected chi connectivity index (χ3v) is 5.91. The number of carbonyl (C=O) groups is 3. The molecule has 3 amide bonds. The highest BCUT2D eigenvalue weighted by molar-refractivity contribution is 6.48. The van der Waals surface area contributed by atoms with Crippen molar-refractivity contribution in [1.82, 2.24) is 4.90 Å². The van der Waals surface area contributed by atoms with E-state index in [0.717, 1.165) is 4.90 Å². The average molecular weight is 517 g/mol. The molecule has 0 saturated heterocycles. The fourth-order valence-corrected chi connectivity index (χ4v) is 3.95. The van der Waals surface area contributed by atoms with Crippen LogP contribution in [0.3, 0.4) is 0 Å². The predicted molar refractivity (Wildman–Crippen MR) is 131 cm³/mol. The molecule has 7 nitrogen and oxygen atoms in total. The number of anilines is 2. The molecule has 172 valence electrons. The van der Waals surface area contributed by atoms with E-state index in [4.69, 9.17) is 34.8 Å². The van der Waals surface area contributed by atoms with E-state index in [0.29, 0.717) is 32.5 Å². The third kappa shape index (κ3) is 5.02. The van der Waals surface area contributed by atoms with Gasteiger partial charge in [0, 0.05) is 33.0 Å². The van der Waals surface area contributed by atoms with Crippen LogP contribution in [0.15, 0.2) is 77.5 Å². The highest BCUT2D eigenvalue weighted by atomic mass is 35.5. The second-order valence-electron chi connectivity index (χ2n) is 7.33. The van der Waals surface area contributed by atoms with Crippen molar-refractivity contribution in [2.75, 3.05) is 10.6 Å². The van der Waals surface area contributed by atoms with E-state index >= 15 is 0 Å². The molecule has 3 N–H and O–H groups in total. The normalized spacial score (nSPS) is 13.4. The molecule has 4 rings (SSSR count). The summed E-state index contributed by atoms with van der Waals surface area (Å²) in [6, 6.07) is 17.2. The number of halogens is 3. The summed E-state index contributed by atoms with van der Waals surface area (Å²) in [4.78, 5) is 38.8. The maximum atomic E-state index is 12.9. The number of phenols is 1. The van der Waals surface area contributed by atoms with E-state index in [2.05, 4.69) is 10.6 Å². The molecule has 0 spiro atoms. The highest BCUT2D eigenvalue weighted by Crippen LogP contribution is 2.29. The lowest BCUT2D eigenvalue weighted by atomic mass is 10.2. The summed E-state index contributed by atoms with van der Waals surface area (Å²) < 4.78 is 0. The first-order valence-electron chi connectivity index (χ1n) is 9.90. The predicted octanol–water partition coefficient (Wildman–Crippen LogP) is 5.38. The molecule has 0 saturated carbocycles. The van der Waals surface area contributed by atoms with E-state index in [-0.39, 0.29) is 28.9 Å². The molecule has 0 unspecified atom stereocenters. The van der Waals surface area contributed by atoms with Crippen LogP contribution in [-0.4, -0.2) is 27.7 Å². The molecule has 3 aromatic carbocycles. The lowest BCUT2D eigenvalue weighted by molar-refractivity contribution is -0.138. The molecular formula is C24H16Cl3N3O4. The number of hydrogen-bond acceptors (Lipinski definition) is 5. The van der Waals surface area contributed by atoms with Gasteiger partial charge in [-0.05, 0) is 54.1 Å². The first kappa shape index (κ1) is 23.6. The quantitative estimate of drug-likeness (QED) is 0.382. The molecule has 1 aliphatic rings. The zero-order valence-electron chi connectivity index (χ0n) is 17.3. The fraction of sp³-hybridized carbons (Fsp3) is 0.0417. The smallest absolute Gasteiger partial charge is 0.279 e. The molecule has 0 bridgehead atoms. The van der Waals surface area contributed by atoms with E-state index < -0.39 is 11.8 Å². The van der Waals surface area contributed by atoms with Crippen molar-refractivity contribution < 1.29 is 19.5 Å². The zero-order valence-corrected chi connectivity index (χ0v) is 19.6. The Kier molecular flexibility index (Phi) is 6.79. The standard InChI is InChI=1S/C24H16Cl3N3O4/c25-15-7-4-14(19(26)10-15)12-30-23(33)20(27)21(24(30)34)28-16-8-5-13(6-9-16)22(32)29-17-2-1-3-18(31)11-17/h1-11,28,31H,12H2,(H,29,32). The Balaban J connectivity index is 1.45. The lowest BCUT2D eigenvalue weighted by Gasteiger charge is -2.16. The number of nitrogens with zero attached hydrogens (tertiary/aromatic N) is 1. The van der Waals surface area contributed by atoms with Gasteiger partial charge in [-0.2, -0.15) is 0 Å². The van der Waals surface area contributed by atoms with E-state index in [1.54, 1.807) is 48.5 Å².